The molecule has 1 atom stereocenters. The zero-order valence-electron chi connectivity index (χ0n) is 13.7. The fourth-order valence-electron chi connectivity index (χ4n) is 2.76. The number of nitrogens with zero attached hydrogens (tertiary/aromatic N) is 1. The van der Waals surface area contributed by atoms with Crippen molar-refractivity contribution in [1.29, 1.82) is 0 Å². The molecule has 1 aliphatic rings. The van der Waals surface area contributed by atoms with Gasteiger partial charge in [-0.15, -0.1) is 0 Å². The summed E-state index contributed by atoms with van der Waals surface area (Å²) in [7, 11) is 0. The summed E-state index contributed by atoms with van der Waals surface area (Å²) >= 11 is 3.51. The molecule has 0 radical (unpaired) electrons. The fraction of sp³-hybridized carbons (Fsp3) is 0.444. The van der Waals surface area contributed by atoms with E-state index in [2.05, 4.69) is 76.5 Å². The first kappa shape index (κ1) is 16.2. The summed E-state index contributed by atoms with van der Waals surface area (Å²) in [5.74, 6) is 0.691. The van der Waals surface area contributed by atoms with Crippen LogP contribution >= 0.6 is 15.9 Å². The third kappa shape index (κ3) is 3.50. The van der Waals surface area contributed by atoms with E-state index < -0.39 is 0 Å². The smallest absolute Gasteiger partial charge is 0.273 e. The molecule has 1 saturated carbocycles. The second-order valence-corrected chi connectivity index (χ2v) is 7.45. The van der Waals surface area contributed by atoms with Crippen LogP contribution in [0.25, 0.3) is 0 Å². The number of carbonyl (C=O) groups excluding carboxylic acids is 1. The number of rotatable bonds is 5. The van der Waals surface area contributed by atoms with Crippen molar-refractivity contribution in [2.75, 3.05) is 0 Å². The minimum atomic E-state index is -0.127. The Kier molecular flexibility index (Phi) is 4.57. The van der Waals surface area contributed by atoms with E-state index in [-0.39, 0.29) is 17.9 Å². The lowest BCUT2D eigenvalue weighted by molar-refractivity contribution is 0.0926. The summed E-state index contributed by atoms with van der Waals surface area (Å²) in [6.45, 7) is 6.21. The number of aryl methyl sites for hydroxylation is 1. The fourth-order valence-corrected chi connectivity index (χ4v) is 3.58. The van der Waals surface area contributed by atoms with Gasteiger partial charge >= 0.3 is 0 Å². The number of benzene rings is 1. The highest BCUT2D eigenvalue weighted by Gasteiger charge is 2.34. The molecule has 0 bridgehead atoms. The van der Waals surface area contributed by atoms with Crippen molar-refractivity contribution < 1.29 is 4.79 Å². The summed E-state index contributed by atoms with van der Waals surface area (Å²) in [4.78, 5) is 12.7. The minimum absolute atomic E-state index is 0.0641. The van der Waals surface area contributed by atoms with Gasteiger partial charge in [-0.2, -0.15) is 5.10 Å². The molecule has 23 heavy (non-hydrogen) atoms. The number of hydrogen-bond acceptors (Lipinski definition) is 2. The maximum Gasteiger partial charge on any atom is 0.273 e. The highest BCUT2D eigenvalue weighted by Crippen LogP contribution is 2.41. The van der Waals surface area contributed by atoms with Crippen LogP contribution in [0.4, 0.5) is 0 Å². The first-order valence-electron chi connectivity index (χ1n) is 8.08. The molecule has 0 aliphatic heterocycles. The molecule has 0 saturated heterocycles. The van der Waals surface area contributed by atoms with Crippen molar-refractivity contribution in [3.05, 3.63) is 51.3 Å². The number of aromatic amines is 1. The van der Waals surface area contributed by atoms with E-state index in [4.69, 9.17) is 0 Å². The van der Waals surface area contributed by atoms with Crippen LogP contribution in [-0.4, -0.2) is 16.1 Å². The van der Waals surface area contributed by atoms with Crippen molar-refractivity contribution in [3.8, 4) is 0 Å². The SMILES string of the molecule is Cc1ccc(C(NC(=O)c2n[nH]c(C(C)C)c2Br)C2CC2)cc1. The van der Waals surface area contributed by atoms with Crippen LogP contribution in [0.2, 0.25) is 0 Å². The second-order valence-electron chi connectivity index (χ2n) is 6.65. The summed E-state index contributed by atoms with van der Waals surface area (Å²) in [5, 5.41) is 10.3. The highest BCUT2D eigenvalue weighted by atomic mass is 79.9. The minimum Gasteiger partial charge on any atom is -0.344 e. The lowest BCUT2D eigenvalue weighted by Crippen LogP contribution is -2.30. The largest absolute Gasteiger partial charge is 0.344 e. The van der Waals surface area contributed by atoms with E-state index in [1.807, 2.05) is 0 Å². The number of nitrogens with one attached hydrogen (secondary N) is 2. The van der Waals surface area contributed by atoms with Gasteiger partial charge < -0.3 is 5.32 Å². The van der Waals surface area contributed by atoms with Crippen LogP contribution in [0.1, 0.15) is 66.0 Å². The maximum absolute atomic E-state index is 12.7. The van der Waals surface area contributed by atoms with E-state index in [1.54, 1.807) is 0 Å². The molecular weight excluding hydrogens is 354 g/mol. The van der Waals surface area contributed by atoms with Gasteiger partial charge in [0.25, 0.3) is 5.91 Å². The molecule has 4 nitrogen and oxygen atoms in total. The lowest BCUT2D eigenvalue weighted by Gasteiger charge is -2.18. The van der Waals surface area contributed by atoms with Gasteiger partial charge in [0, 0.05) is 0 Å². The van der Waals surface area contributed by atoms with Crippen LogP contribution in [0, 0.1) is 12.8 Å². The molecule has 2 N–H and O–H groups in total. The number of aromatic nitrogens is 2. The molecule has 1 aromatic heterocycles. The van der Waals surface area contributed by atoms with Crippen LogP contribution in [0.5, 0.6) is 0 Å². The molecular formula is C18H22BrN3O. The monoisotopic (exact) mass is 375 g/mol. The van der Waals surface area contributed by atoms with Crippen molar-refractivity contribution >= 4 is 21.8 Å². The number of H-pyrrole nitrogens is 1. The van der Waals surface area contributed by atoms with Crippen LogP contribution in [-0.2, 0) is 0 Å². The van der Waals surface area contributed by atoms with Crippen LogP contribution in [0.3, 0.4) is 0 Å². The molecule has 122 valence electrons. The average molecular weight is 376 g/mol. The van der Waals surface area contributed by atoms with Gasteiger partial charge in [-0.3, -0.25) is 9.89 Å². The van der Waals surface area contributed by atoms with E-state index >= 15 is 0 Å². The molecule has 5 heteroatoms. The number of halogens is 1. The Bertz CT molecular complexity index is 702. The zero-order chi connectivity index (χ0) is 16.6. The van der Waals surface area contributed by atoms with Crippen molar-refractivity contribution in [2.45, 2.75) is 45.6 Å². The molecule has 1 unspecified atom stereocenters. The van der Waals surface area contributed by atoms with Gasteiger partial charge in [0.2, 0.25) is 0 Å². The summed E-state index contributed by atoms with van der Waals surface area (Å²) in [5.41, 5.74) is 3.79. The van der Waals surface area contributed by atoms with E-state index in [0.717, 1.165) is 23.0 Å². The summed E-state index contributed by atoms with van der Waals surface area (Å²) in [6, 6.07) is 8.47. The standard InChI is InChI=1S/C18H22BrN3O/c1-10(2)15-14(19)17(22-21-15)18(23)20-16(13-8-9-13)12-6-4-11(3)5-7-12/h4-7,10,13,16H,8-9H2,1-3H3,(H,20,23)(H,21,22). The normalized spacial score (nSPS) is 15.7. The van der Waals surface area contributed by atoms with E-state index in [9.17, 15) is 4.79 Å². The van der Waals surface area contributed by atoms with Gasteiger partial charge in [0.05, 0.1) is 16.2 Å². The zero-order valence-corrected chi connectivity index (χ0v) is 15.3. The summed E-state index contributed by atoms with van der Waals surface area (Å²) in [6.07, 6.45) is 2.33. The van der Waals surface area contributed by atoms with E-state index in [1.165, 1.54) is 11.1 Å². The van der Waals surface area contributed by atoms with Gasteiger partial charge in [-0.05, 0) is 53.1 Å². The first-order valence-corrected chi connectivity index (χ1v) is 8.88. The number of hydrogen-bond donors (Lipinski definition) is 2. The Morgan fingerprint density at radius 2 is 1.96 bits per heavy atom. The topological polar surface area (TPSA) is 57.8 Å². The molecule has 1 aliphatic carbocycles. The third-order valence-electron chi connectivity index (χ3n) is 4.34. The quantitative estimate of drug-likeness (QED) is 0.808. The highest BCUT2D eigenvalue weighted by molar-refractivity contribution is 9.10. The Morgan fingerprint density at radius 3 is 2.48 bits per heavy atom. The third-order valence-corrected chi connectivity index (χ3v) is 5.14. The molecule has 1 heterocycles. The van der Waals surface area contributed by atoms with Crippen LogP contribution in [0.15, 0.2) is 28.7 Å². The Balaban J connectivity index is 1.80. The summed E-state index contributed by atoms with van der Waals surface area (Å²) < 4.78 is 0.767. The van der Waals surface area contributed by atoms with Gasteiger partial charge in [0.15, 0.2) is 5.69 Å². The van der Waals surface area contributed by atoms with Crippen LogP contribution < -0.4 is 5.32 Å². The number of carbonyl (C=O) groups is 1. The average Bonchev–Trinajstić information content (AvgIpc) is 3.27. The number of amides is 1. The Labute approximate surface area is 145 Å². The molecule has 1 fully saturated rings. The molecule has 3 rings (SSSR count). The first-order chi connectivity index (χ1) is 11.0. The predicted molar refractivity (Wildman–Crippen MR) is 94.5 cm³/mol. The Morgan fingerprint density at radius 1 is 1.30 bits per heavy atom. The van der Waals surface area contributed by atoms with Gasteiger partial charge in [0.1, 0.15) is 0 Å². The Hall–Kier alpha value is -1.62. The van der Waals surface area contributed by atoms with Crippen molar-refractivity contribution in [3.63, 3.8) is 0 Å². The second kappa shape index (κ2) is 6.48. The molecule has 2 aromatic rings. The lowest BCUT2D eigenvalue weighted by atomic mass is 10.0. The molecule has 1 amide bonds. The van der Waals surface area contributed by atoms with Gasteiger partial charge in [-0.1, -0.05) is 43.7 Å². The van der Waals surface area contributed by atoms with E-state index in [0.29, 0.717) is 11.6 Å². The van der Waals surface area contributed by atoms with Crippen molar-refractivity contribution in [2.24, 2.45) is 5.92 Å². The van der Waals surface area contributed by atoms with Crippen molar-refractivity contribution in [1.82, 2.24) is 15.5 Å². The predicted octanol–water partition coefficient (Wildman–Crippen LogP) is 4.49. The molecule has 1 aromatic carbocycles. The van der Waals surface area contributed by atoms with Gasteiger partial charge in [-0.25, -0.2) is 0 Å². The maximum atomic E-state index is 12.7. The molecule has 0 spiro atoms.